The first kappa shape index (κ1) is 31.9. The maximum Gasteiger partial charge on any atom is 1.00 e. The van der Waals surface area contributed by atoms with Gasteiger partial charge in [-0.25, -0.2) is 0 Å². The van der Waals surface area contributed by atoms with Crippen LogP contribution in [-0.4, -0.2) is 8.76 Å². The van der Waals surface area contributed by atoms with E-state index >= 15 is 0 Å². The third kappa shape index (κ3) is 9.44. The molecule has 1 atom stereocenters. The monoisotopic (exact) mass is 546 g/mol. The Labute approximate surface area is 267 Å². The Morgan fingerprint density at radius 1 is 0.649 bits per heavy atom. The van der Waals surface area contributed by atoms with Crippen molar-refractivity contribution in [3.05, 3.63) is 119 Å². The molecule has 0 aliphatic carbocycles. The van der Waals surface area contributed by atoms with Gasteiger partial charge in [0.05, 0.1) is 12.0 Å². The average molecular weight is 547 g/mol. The van der Waals surface area contributed by atoms with Gasteiger partial charge in [-0.05, 0) is 56.6 Å². The van der Waals surface area contributed by atoms with Gasteiger partial charge in [-0.1, -0.05) is 109 Å². The molecule has 0 amide bonds. The van der Waals surface area contributed by atoms with E-state index in [1.807, 2.05) is 85.0 Å². The molecule has 0 aromatic heterocycles. The summed E-state index contributed by atoms with van der Waals surface area (Å²) < 4.78 is 27.2. The summed E-state index contributed by atoms with van der Waals surface area (Å²) in [4.78, 5) is 1.05. The summed E-state index contributed by atoms with van der Waals surface area (Å²) in [6.07, 6.45) is 7.64. The van der Waals surface area contributed by atoms with E-state index < -0.39 is 11.1 Å². The molecule has 0 spiro atoms. The predicted octanol–water partition coefficient (Wildman–Crippen LogP) is 0.171. The zero-order valence-electron chi connectivity index (χ0n) is 20.4. The normalized spacial score (nSPS) is 11.7. The van der Waals surface area contributed by atoms with Crippen LogP contribution in [0.4, 0.5) is 0 Å². The predicted molar refractivity (Wildman–Crippen MR) is 138 cm³/mol. The van der Waals surface area contributed by atoms with Crippen LogP contribution >= 0.6 is 12.0 Å². The van der Waals surface area contributed by atoms with Crippen LogP contribution in [0.5, 0.6) is 0 Å². The summed E-state index contributed by atoms with van der Waals surface area (Å²) in [7, 11) is 0. The first-order valence-electron chi connectivity index (χ1n) is 10.6. The molecule has 0 fully saturated rings. The molecular weight excluding hydrogens is 526 g/mol. The van der Waals surface area contributed by atoms with Crippen LogP contribution in [-0.2, 0) is 20.5 Å². The van der Waals surface area contributed by atoms with Crippen LogP contribution < -0.4 is 64.4 Å². The van der Waals surface area contributed by atoms with Crippen molar-refractivity contribution in [3.63, 3.8) is 0 Å². The molecule has 0 aliphatic heterocycles. The minimum Gasteiger partial charge on any atom is -0.768 e. The Kier molecular flexibility index (Phi) is 14.3. The molecule has 0 saturated heterocycles. The molecule has 0 aliphatic rings. The van der Waals surface area contributed by atoms with Crippen LogP contribution in [0.3, 0.4) is 0 Å². The first-order valence-corrected chi connectivity index (χ1v) is 12.4. The Balaban J connectivity index is 0.00000241. The summed E-state index contributed by atoms with van der Waals surface area (Å²) in [5.41, 5.74) is 5.73. The molecule has 0 radical (unpaired) electrons. The number of benzene rings is 4. The van der Waals surface area contributed by atoms with E-state index in [4.69, 9.17) is 0 Å². The third-order valence-corrected chi connectivity index (χ3v) is 6.64. The molecular formula is C28H20Na2O5S2. The fourth-order valence-electron chi connectivity index (χ4n) is 3.46. The van der Waals surface area contributed by atoms with Crippen LogP contribution in [0.1, 0.15) is 22.3 Å². The molecule has 4 aromatic rings. The van der Waals surface area contributed by atoms with E-state index in [-0.39, 0.29) is 64.0 Å². The first-order chi connectivity index (χ1) is 17.1. The topological polar surface area (TPSA) is 81.7 Å². The van der Waals surface area contributed by atoms with Crippen molar-refractivity contribution in [2.75, 3.05) is 0 Å². The summed E-state index contributed by atoms with van der Waals surface area (Å²) >= 11 is -1.40. The van der Waals surface area contributed by atoms with Crippen molar-refractivity contribution in [1.29, 1.82) is 0 Å². The third-order valence-electron chi connectivity index (χ3n) is 5.23. The second kappa shape index (κ2) is 16.6. The average Bonchev–Trinajstić information content (AvgIpc) is 2.90. The molecule has 0 N–H and O–H groups in total. The van der Waals surface area contributed by atoms with E-state index in [9.17, 15) is 14.0 Å². The standard InChI is InChI=1S/C28H22O5S2.2Na/c29-32-33-34-27-7-3-1-5-25(27)19-13-21-9-15-23(16-10-21)24-17-11-22(12-18-24)14-20-26-6-2-4-8-28(26)35(30)31;;/h1-20,29H,(H,30,31);;/q;2*+1/p-2/b19-13+,20-14+;;. The SMILES string of the molecule is O=S([O-])c1ccccc1/C=C/c1ccc(-c2ccc(/C=C/c3ccccc3SOO[O-])cc2)cc1.[Na+].[Na+]. The Hall–Kier alpha value is -1.30. The van der Waals surface area contributed by atoms with Gasteiger partial charge in [0, 0.05) is 9.79 Å². The summed E-state index contributed by atoms with van der Waals surface area (Å²) in [6, 6.07) is 30.7. The number of rotatable bonds is 9. The van der Waals surface area contributed by atoms with E-state index in [1.54, 1.807) is 24.3 Å². The van der Waals surface area contributed by atoms with Crippen LogP contribution in [0.15, 0.2) is 107 Å². The molecule has 4 rings (SSSR count). The van der Waals surface area contributed by atoms with Crippen molar-refractivity contribution in [1.82, 2.24) is 0 Å². The van der Waals surface area contributed by atoms with Crippen molar-refractivity contribution in [2.45, 2.75) is 9.79 Å². The molecule has 4 aromatic carbocycles. The fourth-order valence-corrected chi connectivity index (χ4v) is 4.45. The second-order valence-electron chi connectivity index (χ2n) is 7.44. The fraction of sp³-hybridized carbons (Fsp3) is 0. The Morgan fingerprint density at radius 3 is 1.68 bits per heavy atom. The van der Waals surface area contributed by atoms with Crippen molar-refractivity contribution in [2.24, 2.45) is 0 Å². The van der Waals surface area contributed by atoms with E-state index in [1.165, 1.54) is 0 Å². The minimum absolute atomic E-state index is 0. The molecule has 9 heteroatoms. The molecule has 0 bridgehead atoms. The maximum absolute atomic E-state index is 11.4. The maximum atomic E-state index is 11.4. The summed E-state index contributed by atoms with van der Waals surface area (Å²) in [5.74, 6) is 0. The van der Waals surface area contributed by atoms with Crippen molar-refractivity contribution >= 4 is 47.4 Å². The van der Waals surface area contributed by atoms with Gasteiger partial charge >= 0.3 is 59.1 Å². The molecule has 1 unspecified atom stereocenters. The Bertz CT molecular complexity index is 1360. The number of hydrogen-bond donors (Lipinski definition) is 0. The van der Waals surface area contributed by atoms with Gasteiger partial charge in [0.2, 0.25) is 0 Å². The van der Waals surface area contributed by atoms with Gasteiger partial charge in [-0.15, -0.1) is 0 Å². The second-order valence-corrected chi connectivity index (χ2v) is 9.09. The van der Waals surface area contributed by atoms with E-state index in [0.717, 1.165) is 44.8 Å². The van der Waals surface area contributed by atoms with Gasteiger partial charge in [0.15, 0.2) is 0 Å². The zero-order chi connectivity index (χ0) is 24.5. The van der Waals surface area contributed by atoms with E-state index in [2.05, 4.69) is 21.5 Å². The minimum atomic E-state index is -2.27. The quantitative estimate of drug-likeness (QED) is 0.0744. The van der Waals surface area contributed by atoms with Crippen LogP contribution in [0.25, 0.3) is 35.4 Å². The Morgan fingerprint density at radius 2 is 1.14 bits per heavy atom. The number of hydrogen-bond acceptors (Lipinski definition) is 6. The van der Waals surface area contributed by atoms with Gasteiger partial charge in [-0.3, -0.25) is 9.25 Å². The molecule has 0 heterocycles. The van der Waals surface area contributed by atoms with Gasteiger partial charge in [-0.2, -0.15) is 4.33 Å². The van der Waals surface area contributed by atoms with Gasteiger partial charge in [0.1, 0.15) is 0 Å². The molecule has 37 heavy (non-hydrogen) atoms. The largest absolute Gasteiger partial charge is 1.00 e. The zero-order valence-corrected chi connectivity index (χ0v) is 26.0. The van der Waals surface area contributed by atoms with Crippen molar-refractivity contribution < 1.29 is 82.5 Å². The van der Waals surface area contributed by atoms with Gasteiger partial charge < -0.3 is 9.81 Å². The van der Waals surface area contributed by atoms with Crippen LogP contribution in [0, 0.1) is 0 Å². The molecule has 5 nitrogen and oxygen atoms in total. The van der Waals surface area contributed by atoms with Gasteiger partial charge in [0.25, 0.3) is 0 Å². The summed E-state index contributed by atoms with van der Waals surface area (Å²) in [5, 5.41) is 13.5. The molecule has 176 valence electrons. The van der Waals surface area contributed by atoms with Crippen LogP contribution in [0.2, 0.25) is 0 Å². The summed E-state index contributed by atoms with van der Waals surface area (Å²) in [6.45, 7) is 0. The van der Waals surface area contributed by atoms with E-state index in [0.29, 0.717) is 5.56 Å². The van der Waals surface area contributed by atoms with Crippen molar-refractivity contribution in [3.8, 4) is 11.1 Å². The molecule has 0 saturated carbocycles. The smallest absolute Gasteiger partial charge is 0.768 e.